The average Bonchev–Trinajstić information content (AvgIpc) is 0.818. The molecule has 3 aliphatic rings. The summed E-state index contributed by atoms with van der Waals surface area (Å²) in [6.45, 7) is 24.2. The largest absolute Gasteiger partial charge is 1.00 e. The second-order valence-corrected chi connectivity index (χ2v) is 36.7. The Balaban J connectivity index is 0.000000430. The van der Waals surface area contributed by atoms with E-state index in [2.05, 4.69) is 90.9 Å². The zero-order chi connectivity index (χ0) is 105. The topological polar surface area (TPSA) is 390 Å². The molecule has 0 saturated carbocycles. The molecule has 10 amide bonds. The van der Waals surface area contributed by atoms with Crippen LogP contribution in [0.25, 0.3) is 32.3 Å². The van der Waals surface area contributed by atoms with Crippen LogP contribution in [0, 0.1) is 17.5 Å². The van der Waals surface area contributed by atoms with Crippen LogP contribution < -0.4 is 45.5 Å². The van der Waals surface area contributed by atoms with Crippen molar-refractivity contribution in [2.24, 2.45) is 0 Å². The second-order valence-electron chi connectivity index (χ2n) is 35.6. The molecular weight excluding hydrogens is 2050 g/mol. The van der Waals surface area contributed by atoms with Crippen molar-refractivity contribution in [3.05, 3.63) is 213 Å². The van der Waals surface area contributed by atoms with Crippen LogP contribution in [-0.4, -0.2) is 300 Å². The molecule has 12 rings (SSSR count). The van der Waals surface area contributed by atoms with Crippen molar-refractivity contribution >= 4 is 211 Å². The van der Waals surface area contributed by atoms with Crippen molar-refractivity contribution in [3.63, 3.8) is 0 Å². The number of halogens is 6. The average molecular weight is 2180 g/mol. The third kappa shape index (κ3) is 42.9. The maximum absolute atomic E-state index is 14.1. The molecule has 3 saturated heterocycles. The Hall–Kier alpha value is -11.4. The summed E-state index contributed by atoms with van der Waals surface area (Å²) in [6, 6.07) is 40.0. The Bertz CT molecular complexity index is 5910. The van der Waals surface area contributed by atoms with Gasteiger partial charge < -0.3 is 66.0 Å². The van der Waals surface area contributed by atoms with Crippen molar-refractivity contribution in [1.29, 1.82) is 0 Å². The van der Waals surface area contributed by atoms with E-state index in [0.29, 0.717) is 99.4 Å². The van der Waals surface area contributed by atoms with Gasteiger partial charge in [0.1, 0.15) is 60.3 Å². The number of likely N-dealkylation sites (N-methyl/N-ethyl adjacent to an activating group) is 3. The van der Waals surface area contributed by atoms with Crippen LogP contribution in [0.15, 0.2) is 164 Å². The van der Waals surface area contributed by atoms with Gasteiger partial charge in [0.15, 0.2) is 0 Å². The van der Waals surface area contributed by atoms with Gasteiger partial charge in [0.05, 0.1) is 38.8 Å². The molecule has 3 aromatic heterocycles. The monoisotopic (exact) mass is 2180 g/mol. The maximum Gasteiger partial charge on any atom is 1.00 e. The third-order valence-electron chi connectivity index (χ3n) is 23.6. The maximum atomic E-state index is 14.1. The van der Waals surface area contributed by atoms with Crippen LogP contribution in [0.2, 0.25) is 15.1 Å². The van der Waals surface area contributed by atoms with Gasteiger partial charge in [0, 0.05) is 199 Å². The Labute approximate surface area is 919 Å². The molecule has 148 heavy (non-hydrogen) atoms. The predicted octanol–water partition coefficient (Wildman–Crippen LogP) is 13.3. The van der Waals surface area contributed by atoms with Gasteiger partial charge in [-0.05, 0) is 150 Å². The van der Waals surface area contributed by atoms with Crippen LogP contribution in [0.4, 0.5) is 49.8 Å². The summed E-state index contributed by atoms with van der Waals surface area (Å²) in [6.07, 6.45) is 4.10. The van der Waals surface area contributed by atoms with E-state index >= 15 is 0 Å². The number of nitrogens with zero attached hydrogens (tertiary/aromatic N) is 12. The van der Waals surface area contributed by atoms with Gasteiger partial charge in [-0.3, -0.25) is 59.3 Å². The number of hydrogen-bond acceptors (Lipinski definition) is 25. The molecule has 35 nitrogen and oxygen atoms in total. The van der Waals surface area contributed by atoms with E-state index in [9.17, 15) is 75.5 Å². The minimum atomic E-state index is -0.755. The minimum Gasteiger partial charge on any atom is -0.793 e. The van der Waals surface area contributed by atoms with Crippen molar-refractivity contribution in [1.82, 2.24) is 59.1 Å². The Morgan fingerprint density at radius 2 is 0.696 bits per heavy atom. The summed E-state index contributed by atoms with van der Waals surface area (Å²) in [5.74, 6) is -3.82. The van der Waals surface area contributed by atoms with E-state index in [1.54, 1.807) is 99.7 Å². The van der Waals surface area contributed by atoms with E-state index in [4.69, 9.17) is 53.8 Å². The number of pyridine rings is 3. The third-order valence-corrected chi connectivity index (χ3v) is 24.8. The first-order valence-corrected chi connectivity index (χ1v) is 48.1. The SMILES string of the molecule is CC(=O)OOC(C)=O.CC(C)N1CCN(C(=O)CC[C@@H](COC(=O)Nc2cc3ccccc3cn2)N(C)C(=O)CCc2cccc(F)c2Cl)CC1.CC(C)N1CCN(C(=O)CC[C@@H](COC(=O)Nc2cc3ccccc3cn2)N(C)C(=O)c2cccc(F)c2Cl)CC1.CN(C(=O)CCc1cccc(F)c1Cl)[C@@H](CCC(=O)N1CCN(C(=O)OC(C)(C)C)CC1)COC(=O)Nc1cc2ccccc2cn1.S.S.S.[B-]OC(C)=O.[Na+]. The zero-order valence-corrected chi connectivity index (χ0v) is 92.8. The molecule has 3 fully saturated rings. The normalized spacial score (nSPS) is 13.4. The summed E-state index contributed by atoms with van der Waals surface area (Å²) < 4.78 is 67.4. The van der Waals surface area contributed by atoms with Gasteiger partial charge >= 0.3 is 65.9 Å². The molecule has 3 N–H and O–H groups in total. The van der Waals surface area contributed by atoms with Crippen molar-refractivity contribution in [3.8, 4) is 0 Å². The fourth-order valence-electron chi connectivity index (χ4n) is 15.2. The number of hydrogen-bond donors (Lipinski definition) is 3. The molecule has 3 aliphatic heterocycles. The van der Waals surface area contributed by atoms with E-state index in [-0.39, 0.29) is 198 Å². The van der Waals surface area contributed by atoms with Crippen LogP contribution in [0.1, 0.15) is 142 Å². The summed E-state index contributed by atoms with van der Waals surface area (Å²) in [5.41, 5.74) is 0.412. The quantitative estimate of drug-likeness (QED) is 0.0163. The van der Waals surface area contributed by atoms with Gasteiger partial charge in [-0.1, -0.05) is 138 Å². The molecule has 3 atom stereocenters. The number of benzene rings is 6. The van der Waals surface area contributed by atoms with Crippen LogP contribution >= 0.6 is 75.3 Å². The van der Waals surface area contributed by atoms with E-state index in [0.717, 1.165) is 72.3 Å². The van der Waals surface area contributed by atoms with Crippen molar-refractivity contribution < 1.29 is 138 Å². The van der Waals surface area contributed by atoms with Crippen molar-refractivity contribution in [2.75, 3.05) is 135 Å². The number of anilines is 3. The smallest absolute Gasteiger partial charge is 0.793 e. The molecule has 6 heterocycles. The molecule has 3 radical (unpaired) electrons. The summed E-state index contributed by atoms with van der Waals surface area (Å²) in [7, 11) is 9.04. The molecule has 0 bridgehead atoms. The van der Waals surface area contributed by atoms with Gasteiger partial charge in [-0.2, -0.15) is 40.5 Å². The van der Waals surface area contributed by atoms with Gasteiger partial charge in [0.2, 0.25) is 35.5 Å². The number of rotatable bonds is 30. The number of nitrogens with one attached hydrogen (secondary N) is 3. The first-order valence-electron chi connectivity index (χ1n) is 46.9. The fraction of sp³-hybridized carbons (Fsp3) is 0.431. The number of ether oxygens (including phenoxy) is 4. The molecule has 0 aliphatic carbocycles. The number of piperazine rings is 3. The Morgan fingerprint density at radius 3 is 1.00 bits per heavy atom. The molecule has 0 spiro atoms. The number of aryl methyl sites for hydroxylation is 2. The van der Waals surface area contributed by atoms with E-state index in [1.807, 2.05) is 82.6 Å². The standard InChI is InChI=1S/C34H41ClFN5O6.C32H39ClFN5O4.C30H35ClFN5O4.C4H6O4.C2H3BO2.Na.3H2S/c1-34(2,3)47-33(45)41-18-16-40(17-19-41)30(43)15-13-26(39(4)29(42)14-12-23-10-7-11-27(36)31(23)35)22-46-32(44)38-28-20-24-8-5-6-9-25(24)21-37-28;1-22(2)38-15-17-39(18-16-38)30(41)14-12-26(37(3)29(40)13-11-23-9-6-10-27(34)31(23)33)21-43-32(42)36-28-19-24-7-4-5-8-25(24)20-35-28;1-20(2)36-13-15-37(16-14-36)27(38)12-11-23(35(3)29(39)24-9-6-10-25(32)28(24)31)19-41-30(40)34-26-17-21-7-4-5-8-22(21)18-33-26;1-3(5)7-8-4(2)6;1-2(4)5-3;;;;/h5-11,20-21,26H,12-19,22H2,1-4H3,(H,37,38,44);4-10,19-20,22,26H,11-18,21H2,1-3H3,(H,35,36,42);4-10,17-18,20,23H,11-16,19H2,1-3H3,(H,33,34,40);1-2H3;1H3;;3*1H2/q;;;;-1;+1;;;/t2*26-;23-;;;;;;/m000....../s1. The molecule has 0 unspecified atom stereocenters. The van der Waals surface area contributed by atoms with Gasteiger partial charge in [-0.15, -0.1) is 0 Å². The number of aromatic nitrogens is 3. The number of amides is 10. The molecule has 9 aromatic rings. The van der Waals surface area contributed by atoms with Gasteiger partial charge in [-0.25, -0.2) is 66.7 Å². The van der Waals surface area contributed by atoms with E-state index in [1.165, 1.54) is 65.1 Å². The number of fused-ring (bicyclic) bond motifs is 3. The van der Waals surface area contributed by atoms with E-state index < -0.39 is 89.4 Å². The molecule has 46 heteroatoms. The van der Waals surface area contributed by atoms with Crippen LogP contribution in [0.5, 0.6) is 0 Å². The van der Waals surface area contributed by atoms with Crippen LogP contribution in [-0.2, 0) is 84.6 Å². The summed E-state index contributed by atoms with van der Waals surface area (Å²) in [5, 5.41) is 13.1. The number of carbonyl (C=O) groups is 13. The predicted molar refractivity (Wildman–Crippen MR) is 571 cm³/mol. The molecular formula is C102H130BCl3F3N15NaO20S3. The molecule has 6 aromatic carbocycles. The number of carbonyl (C=O) groups excluding carboxylic acids is 13. The summed E-state index contributed by atoms with van der Waals surface area (Å²) in [4.78, 5) is 195. The van der Waals surface area contributed by atoms with Gasteiger partial charge in [0.25, 0.3) is 5.91 Å². The first-order chi connectivity index (χ1) is 68.4. The molecule has 797 valence electrons. The Kier molecular flexibility index (Phi) is 56.4. The second kappa shape index (κ2) is 64.8. The summed E-state index contributed by atoms with van der Waals surface area (Å²) >= 11 is 18.2. The zero-order valence-electron chi connectivity index (χ0n) is 85.5. The Morgan fingerprint density at radius 1 is 0.405 bits per heavy atom. The van der Waals surface area contributed by atoms with Crippen molar-refractivity contribution in [2.45, 2.75) is 169 Å². The van der Waals surface area contributed by atoms with Crippen LogP contribution in [0.3, 0.4) is 0 Å². The minimum absolute atomic E-state index is 0. The first kappa shape index (κ1) is 129. The fourth-order valence-corrected chi connectivity index (χ4v) is 15.9.